The Morgan fingerprint density at radius 2 is 2.25 bits per heavy atom. The molecule has 3 rings (SSSR count). The Balaban J connectivity index is 2.13. The van der Waals surface area contributed by atoms with Crippen LogP contribution in [-0.2, 0) is 10.2 Å². The molecule has 84 valence electrons. The van der Waals surface area contributed by atoms with Gasteiger partial charge in [-0.2, -0.15) is 0 Å². The predicted octanol–water partition coefficient (Wildman–Crippen LogP) is 1.91. The van der Waals surface area contributed by atoms with E-state index >= 15 is 0 Å². The molecule has 2 aliphatic heterocycles. The number of anilines is 1. The Bertz CT molecular complexity index is 452. The standard InChI is InChI=1S/C12H13ClN2O/c13-8-2-3-10-9(6-8)12(11(16)15-10)4-1-5-14-7-12/h2-3,6,14H,1,4-5,7H2,(H,15,16)/t12-/m1/s1. The van der Waals surface area contributed by atoms with Gasteiger partial charge in [0.1, 0.15) is 0 Å². The lowest BCUT2D eigenvalue weighted by Gasteiger charge is -2.32. The number of carbonyl (C=O) groups excluding carboxylic acids is 1. The summed E-state index contributed by atoms with van der Waals surface area (Å²) in [7, 11) is 0. The quantitative estimate of drug-likeness (QED) is 0.723. The molecule has 16 heavy (non-hydrogen) atoms. The first-order chi connectivity index (χ1) is 7.72. The molecular weight excluding hydrogens is 224 g/mol. The average molecular weight is 237 g/mol. The molecule has 4 heteroatoms. The summed E-state index contributed by atoms with van der Waals surface area (Å²) in [6.45, 7) is 1.71. The van der Waals surface area contributed by atoms with Gasteiger partial charge < -0.3 is 10.6 Å². The molecule has 0 saturated carbocycles. The second-order valence-corrected chi connectivity index (χ2v) is 4.94. The first-order valence-electron chi connectivity index (χ1n) is 5.55. The van der Waals surface area contributed by atoms with Crippen LogP contribution >= 0.6 is 11.6 Å². The lowest BCUT2D eigenvalue weighted by atomic mass is 9.76. The minimum Gasteiger partial charge on any atom is -0.325 e. The zero-order valence-corrected chi connectivity index (χ0v) is 9.60. The minimum absolute atomic E-state index is 0.108. The van der Waals surface area contributed by atoms with Crippen molar-refractivity contribution >= 4 is 23.2 Å². The van der Waals surface area contributed by atoms with Crippen LogP contribution in [0.15, 0.2) is 18.2 Å². The molecule has 1 amide bonds. The van der Waals surface area contributed by atoms with E-state index in [0.29, 0.717) is 11.6 Å². The number of halogens is 1. The number of piperidine rings is 1. The van der Waals surface area contributed by atoms with Gasteiger partial charge in [0.05, 0.1) is 5.41 Å². The SMILES string of the molecule is O=C1Nc2ccc(Cl)cc2[C@]12CCCNC2. The fraction of sp³-hybridized carbons (Fsp3) is 0.417. The number of amides is 1. The van der Waals surface area contributed by atoms with Crippen molar-refractivity contribution in [3.05, 3.63) is 28.8 Å². The molecule has 1 fully saturated rings. The van der Waals surface area contributed by atoms with Crippen molar-refractivity contribution in [3.63, 3.8) is 0 Å². The number of rotatable bonds is 0. The molecule has 1 spiro atoms. The van der Waals surface area contributed by atoms with E-state index in [0.717, 1.165) is 30.6 Å². The fourth-order valence-corrected chi connectivity index (χ4v) is 2.89. The van der Waals surface area contributed by atoms with E-state index in [1.54, 1.807) is 0 Å². The lowest BCUT2D eigenvalue weighted by molar-refractivity contribution is -0.121. The second-order valence-electron chi connectivity index (χ2n) is 4.51. The number of hydrogen-bond donors (Lipinski definition) is 2. The average Bonchev–Trinajstić information content (AvgIpc) is 2.55. The van der Waals surface area contributed by atoms with E-state index in [4.69, 9.17) is 11.6 Å². The molecule has 1 aromatic carbocycles. The van der Waals surface area contributed by atoms with E-state index in [1.807, 2.05) is 18.2 Å². The van der Waals surface area contributed by atoms with Gasteiger partial charge in [-0.25, -0.2) is 0 Å². The van der Waals surface area contributed by atoms with Crippen molar-refractivity contribution in [1.82, 2.24) is 5.32 Å². The van der Waals surface area contributed by atoms with Gasteiger partial charge >= 0.3 is 0 Å². The first-order valence-corrected chi connectivity index (χ1v) is 5.92. The summed E-state index contributed by atoms with van der Waals surface area (Å²) >= 11 is 6.01. The Kier molecular flexibility index (Phi) is 2.19. The monoisotopic (exact) mass is 236 g/mol. The van der Waals surface area contributed by atoms with Crippen LogP contribution in [0.2, 0.25) is 5.02 Å². The molecule has 3 nitrogen and oxygen atoms in total. The van der Waals surface area contributed by atoms with Crippen LogP contribution in [-0.4, -0.2) is 19.0 Å². The van der Waals surface area contributed by atoms with Gasteiger partial charge in [0.15, 0.2) is 0 Å². The van der Waals surface area contributed by atoms with Crippen LogP contribution in [0, 0.1) is 0 Å². The molecule has 1 atom stereocenters. The summed E-state index contributed by atoms with van der Waals surface area (Å²) < 4.78 is 0. The maximum absolute atomic E-state index is 12.1. The van der Waals surface area contributed by atoms with Gasteiger partial charge in [-0.3, -0.25) is 4.79 Å². The molecule has 2 N–H and O–H groups in total. The van der Waals surface area contributed by atoms with Crippen LogP contribution in [0.25, 0.3) is 0 Å². The Hall–Kier alpha value is -1.06. The molecule has 0 aromatic heterocycles. The topological polar surface area (TPSA) is 41.1 Å². The second kappa shape index (κ2) is 3.47. The highest BCUT2D eigenvalue weighted by atomic mass is 35.5. The predicted molar refractivity (Wildman–Crippen MR) is 63.9 cm³/mol. The van der Waals surface area contributed by atoms with Crippen molar-refractivity contribution in [2.45, 2.75) is 18.3 Å². The van der Waals surface area contributed by atoms with E-state index in [9.17, 15) is 4.79 Å². The van der Waals surface area contributed by atoms with Crippen molar-refractivity contribution in [1.29, 1.82) is 0 Å². The van der Waals surface area contributed by atoms with E-state index in [1.165, 1.54) is 0 Å². The van der Waals surface area contributed by atoms with Crippen LogP contribution in [0.3, 0.4) is 0 Å². The summed E-state index contributed by atoms with van der Waals surface area (Å²) in [6.07, 6.45) is 1.93. The number of fused-ring (bicyclic) bond motifs is 2. The molecule has 1 aromatic rings. The molecular formula is C12H13ClN2O. The van der Waals surface area contributed by atoms with E-state index in [-0.39, 0.29) is 5.91 Å². The molecule has 1 saturated heterocycles. The van der Waals surface area contributed by atoms with Crippen LogP contribution in [0.1, 0.15) is 18.4 Å². The largest absolute Gasteiger partial charge is 0.325 e. The summed E-state index contributed by atoms with van der Waals surface area (Å²) in [4.78, 5) is 12.1. The summed E-state index contributed by atoms with van der Waals surface area (Å²) in [5, 5.41) is 6.95. The maximum atomic E-state index is 12.1. The third-order valence-electron chi connectivity index (χ3n) is 3.56. The Labute approximate surface area is 99.2 Å². The van der Waals surface area contributed by atoms with Crippen LogP contribution in [0.4, 0.5) is 5.69 Å². The number of benzene rings is 1. The summed E-state index contributed by atoms with van der Waals surface area (Å²) in [5.41, 5.74) is 1.58. The van der Waals surface area contributed by atoms with Gasteiger partial charge in [0.2, 0.25) is 5.91 Å². The van der Waals surface area contributed by atoms with Gasteiger partial charge in [-0.15, -0.1) is 0 Å². The Morgan fingerprint density at radius 3 is 3.00 bits per heavy atom. The highest BCUT2D eigenvalue weighted by Gasteiger charge is 2.47. The summed E-state index contributed by atoms with van der Waals surface area (Å²) in [5.74, 6) is 0.108. The number of hydrogen-bond acceptors (Lipinski definition) is 2. The lowest BCUT2D eigenvalue weighted by Crippen LogP contribution is -2.47. The fourth-order valence-electron chi connectivity index (χ4n) is 2.71. The van der Waals surface area contributed by atoms with Crippen molar-refractivity contribution in [2.24, 2.45) is 0 Å². The van der Waals surface area contributed by atoms with Gasteiger partial charge in [-0.1, -0.05) is 11.6 Å². The zero-order chi connectivity index (χ0) is 11.2. The van der Waals surface area contributed by atoms with E-state index < -0.39 is 5.41 Å². The first kappa shape index (κ1) is 10.1. The third-order valence-corrected chi connectivity index (χ3v) is 3.80. The molecule has 0 aliphatic carbocycles. The third kappa shape index (κ3) is 1.28. The summed E-state index contributed by atoms with van der Waals surface area (Å²) in [6, 6.07) is 5.62. The van der Waals surface area contributed by atoms with Gasteiger partial charge in [-0.05, 0) is 43.1 Å². The van der Waals surface area contributed by atoms with E-state index in [2.05, 4.69) is 10.6 Å². The van der Waals surface area contributed by atoms with Crippen molar-refractivity contribution in [2.75, 3.05) is 18.4 Å². The zero-order valence-electron chi connectivity index (χ0n) is 8.85. The molecule has 0 bridgehead atoms. The highest BCUT2D eigenvalue weighted by Crippen LogP contribution is 2.42. The molecule has 2 heterocycles. The van der Waals surface area contributed by atoms with Crippen LogP contribution in [0.5, 0.6) is 0 Å². The van der Waals surface area contributed by atoms with Gasteiger partial charge in [0.25, 0.3) is 0 Å². The van der Waals surface area contributed by atoms with Crippen molar-refractivity contribution < 1.29 is 4.79 Å². The molecule has 0 unspecified atom stereocenters. The number of carbonyl (C=O) groups is 1. The minimum atomic E-state index is -0.390. The smallest absolute Gasteiger partial charge is 0.236 e. The highest BCUT2D eigenvalue weighted by molar-refractivity contribution is 6.31. The number of nitrogens with one attached hydrogen (secondary N) is 2. The van der Waals surface area contributed by atoms with Gasteiger partial charge in [0, 0.05) is 17.3 Å². The molecule has 0 radical (unpaired) electrons. The maximum Gasteiger partial charge on any atom is 0.236 e. The Morgan fingerprint density at radius 1 is 1.38 bits per heavy atom. The normalized spacial score (nSPS) is 27.9. The van der Waals surface area contributed by atoms with Crippen molar-refractivity contribution in [3.8, 4) is 0 Å². The molecule has 2 aliphatic rings. The van der Waals surface area contributed by atoms with Crippen LogP contribution < -0.4 is 10.6 Å².